The quantitative estimate of drug-likeness (QED) is 0.0810. The van der Waals surface area contributed by atoms with Gasteiger partial charge in [0, 0.05) is 24.5 Å². The van der Waals surface area contributed by atoms with Crippen molar-refractivity contribution in [2.45, 2.75) is 142 Å². The Morgan fingerprint density at radius 1 is 0.436 bits per heavy atom. The Balaban J connectivity index is 1.83. The molecular weight excluding hydrogens is 504 g/mol. The molecule has 0 fully saturated rings. The zero-order valence-electron chi connectivity index (χ0n) is 26.0. The summed E-state index contributed by atoms with van der Waals surface area (Å²) < 4.78 is 23.1. The highest BCUT2D eigenvalue weighted by atomic mass is 32.1. The van der Waals surface area contributed by atoms with Crippen LogP contribution in [0.5, 0.6) is 0 Å². The van der Waals surface area contributed by atoms with Gasteiger partial charge in [0.1, 0.15) is 0 Å². The van der Waals surface area contributed by atoms with E-state index in [4.69, 9.17) is 18.9 Å². The molecule has 0 bridgehead atoms. The van der Waals surface area contributed by atoms with E-state index in [-0.39, 0.29) is 0 Å². The van der Waals surface area contributed by atoms with Crippen LogP contribution in [0.3, 0.4) is 0 Å². The minimum atomic E-state index is 0.694. The fraction of sp³-hybridized carbons (Fsp3) is 0.882. The van der Waals surface area contributed by atoms with E-state index >= 15 is 0 Å². The molecule has 0 aliphatic rings. The van der Waals surface area contributed by atoms with Crippen LogP contribution in [0.25, 0.3) is 0 Å². The van der Waals surface area contributed by atoms with Crippen LogP contribution in [-0.4, -0.2) is 52.9 Å². The van der Waals surface area contributed by atoms with E-state index in [0.717, 1.165) is 39.3 Å². The van der Waals surface area contributed by atoms with E-state index < -0.39 is 0 Å². The SMILES string of the molecule is CCCCCCCCCCCOCCOCCc1ccsc1CCOCCOCCCCCCCCCCC. The average Bonchev–Trinajstić information content (AvgIpc) is 3.40. The zero-order chi connectivity index (χ0) is 27.9. The number of thiophene rings is 1. The molecule has 1 heterocycles. The first-order valence-corrected chi connectivity index (χ1v) is 17.6. The highest BCUT2D eigenvalue weighted by Crippen LogP contribution is 2.18. The van der Waals surface area contributed by atoms with Gasteiger partial charge < -0.3 is 18.9 Å². The van der Waals surface area contributed by atoms with Crippen LogP contribution in [-0.2, 0) is 31.8 Å². The first-order chi connectivity index (χ1) is 19.4. The summed E-state index contributed by atoms with van der Waals surface area (Å²) in [5.74, 6) is 0. The van der Waals surface area contributed by atoms with Crippen LogP contribution in [0, 0.1) is 0 Å². The average molecular weight is 569 g/mol. The molecular formula is C34H64O4S. The van der Waals surface area contributed by atoms with Crippen molar-refractivity contribution in [3.05, 3.63) is 21.9 Å². The second kappa shape index (κ2) is 30.5. The van der Waals surface area contributed by atoms with Gasteiger partial charge in [0.2, 0.25) is 0 Å². The smallest absolute Gasteiger partial charge is 0.0700 e. The minimum absolute atomic E-state index is 0.694. The third-order valence-corrected chi connectivity index (χ3v) is 8.38. The highest BCUT2D eigenvalue weighted by Gasteiger charge is 2.05. The molecule has 0 aromatic carbocycles. The third kappa shape index (κ3) is 25.0. The van der Waals surface area contributed by atoms with Gasteiger partial charge in [-0.05, 0) is 36.3 Å². The fourth-order valence-corrected chi connectivity index (χ4v) is 5.75. The fourth-order valence-electron chi connectivity index (χ4n) is 4.83. The Labute approximate surface area is 246 Å². The van der Waals surface area contributed by atoms with Crippen molar-refractivity contribution < 1.29 is 18.9 Å². The van der Waals surface area contributed by atoms with E-state index in [2.05, 4.69) is 25.3 Å². The van der Waals surface area contributed by atoms with Crippen LogP contribution in [0.1, 0.15) is 140 Å². The van der Waals surface area contributed by atoms with Gasteiger partial charge in [-0.15, -0.1) is 11.3 Å². The van der Waals surface area contributed by atoms with Gasteiger partial charge in [-0.25, -0.2) is 0 Å². The number of ether oxygens (including phenoxy) is 4. The number of hydrogen-bond acceptors (Lipinski definition) is 5. The number of unbranched alkanes of at least 4 members (excludes halogenated alkanes) is 16. The van der Waals surface area contributed by atoms with Crippen molar-refractivity contribution in [2.24, 2.45) is 0 Å². The minimum Gasteiger partial charge on any atom is -0.379 e. The molecule has 1 aromatic rings. The highest BCUT2D eigenvalue weighted by molar-refractivity contribution is 7.10. The van der Waals surface area contributed by atoms with Gasteiger partial charge >= 0.3 is 0 Å². The Kier molecular flexibility index (Phi) is 28.6. The van der Waals surface area contributed by atoms with E-state index in [9.17, 15) is 0 Å². The maximum atomic E-state index is 5.82. The normalized spacial score (nSPS) is 11.5. The Morgan fingerprint density at radius 2 is 0.821 bits per heavy atom. The first-order valence-electron chi connectivity index (χ1n) is 16.7. The third-order valence-electron chi connectivity index (χ3n) is 7.36. The van der Waals surface area contributed by atoms with E-state index in [1.54, 1.807) is 0 Å². The Hall–Kier alpha value is -0.460. The molecule has 0 saturated carbocycles. The molecule has 230 valence electrons. The molecule has 0 aliphatic carbocycles. The first kappa shape index (κ1) is 36.6. The van der Waals surface area contributed by atoms with Gasteiger partial charge in [-0.1, -0.05) is 117 Å². The van der Waals surface area contributed by atoms with Crippen molar-refractivity contribution in [2.75, 3.05) is 52.9 Å². The summed E-state index contributed by atoms with van der Waals surface area (Å²) in [5.41, 5.74) is 1.40. The molecule has 0 atom stereocenters. The van der Waals surface area contributed by atoms with Gasteiger partial charge in [0.15, 0.2) is 0 Å². The topological polar surface area (TPSA) is 36.9 Å². The maximum absolute atomic E-state index is 5.82. The van der Waals surface area contributed by atoms with Gasteiger partial charge in [0.05, 0.1) is 39.6 Å². The van der Waals surface area contributed by atoms with E-state index in [0.29, 0.717) is 26.4 Å². The van der Waals surface area contributed by atoms with Crippen molar-refractivity contribution in [3.8, 4) is 0 Å². The number of rotatable bonds is 32. The van der Waals surface area contributed by atoms with Crippen molar-refractivity contribution in [1.29, 1.82) is 0 Å². The van der Waals surface area contributed by atoms with Crippen LogP contribution in [0.15, 0.2) is 11.4 Å². The zero-order valence-corrected chi connectivity index (χ0v) is 26.8. The largest absolute Gasteiger partial charge is 0.379 e. The summed E-state index contributed by atoms with van der Waals surface area (Å²) >= 11 is 1.83. The summed E-state index contributed by atoms with van der Waals surface area (Å²) in [5, 5.41) is 2.19. The van der Waals surface area contributed by atoms with Crippen LogP contribution in [0.4, 0.5) is 0 Å². The van der Waals surface area contributed by atoms with Crippen molar-refractivity contribution >= 4 is 11.3 Å². The maximum Gasteiger partial charge on any atom is 0.0700 e. The van der Waals surface area contributed by atoms with E-state index in [1.807, 2.05) is 11.3 Å². The second-order valence-corrected chi connectivity index (χ2v) is 12.0. The lowest BCUT2D eigenvalue weighted by Gasteiger charge is -2.08. The summed E-state index contributed by atoms with van der Waals surface area (Å²) in [6.45, 7) is 10.6. The Bertz CT molecular complexity index is 543. The van der Waals surface area contributed by atoms with E-state index in [1.165, 1.54) is 126 Å². The Morgan fingerprint density at radius 3 is 1.28 bits per heavy atom. The summed E-state index contributed by atoms with van der Waals surface area (Å²) in [7, 11) is 0. The van der Waals surface area contributed by atoms with Gasteiger partial charge in [0.25, 0.3) is 0 Å². The van der Waals surface area contributed by atoms with Crippen LogP contribution >= 0.6 is 11.3 Å². The predicted molar refractivity (Wildman–Crippen MR) is 169 cm³/mol. The van der Waals surface area contributed by atoms with Gasteiger partial charge in [-0.2, -0.15) is 0 Å². The van der Waals surface area contributed by atoms with Crippen LogP contribution < -0.4 is 0 Å². The molecule has 1 aromatic heterocycles. The summed E-state index contributed by atoms with van der Waals surface area (Å²) in [6.07, 6.45) is 26.3. The second-order valence-electron chi connectivity index (χ2n) is 11.0. The molecule has 0 radical (unpaired) electrons. The standard InChI is InChI=1S/C34H64O4S/c1-3-5-7-9-11-13-15-17-19-24-35-28-30-37-26-21-33-23-32-39-34(33)22-27-38-31-29-36-25-20-18-16-14-12-10-8-6-4-2/h23,32H,3-22,24-31H2,1-2H3. The number of hydrogen-bond donors (Lipinski definition) is 0. The molecule has 0 N–H and O–H groups in total. The molecule has 0 saturated heterocycles. The molecule has 4 nitrogen and oxygen atoms in total. The van der Waals surface area contributed by atoms with Crippen molar-refractivity contribution in [3.63, 3.8) is 0 Å². The molecule has 39 heavy (non-hydrogen) atoms. The van der Waals surface area contributed by atoms with Gasteiger partial charge in [-0.3, -0.25) is 0 Å². The predicted octanol–water partition coefficient (Wildman–Crippen LogP) is 9.96. The van der Waals surface area contributed by atoms with Crippen LogP contribution in [0.2, 0.25) is 0 Å². The molecule has 0 aliphatic heterocycles. The summed E-state index contributed by atoms with van der Waals surface area (Å²) in [6, 6.07) is 2.23. The monoisotopic (exact) mass is 568 g/mol. The molecule has 5 heteroatoms. The lowest BCUT2D eigenvalue weighted by molar-refractivity contribution is 0.0464. The molecule has 0 unspecified atom stereocenters. The molecule has 0 amide bonds. The lowest BCUT2D eigenvalue weighted by Crippen LogP contribution is -2.09. The molecule has 0 spiro atoms. The summed E-state index contributed by atoms with van der Waals surface area (Å²) in [4.78, 5) is 1.43. The van der Waals surface area contributed by atoms with Crippen molar-refractivity contribution in [1.82, 2.24) is 0 Å². The molecule has 1 rings (SSSR count). The lowest BCUT2D eigenvalue weighted by atomic mass is 10.1.